The Bertz CT molecular complexity index is 1740. The smallest absolute Gasteiger partial charge is 0.337 e. The predicted octanol–water partition coefficient (Wildman–Crippen LogP) is 4.78. The minimum Gasteiger partial charge on any atom is -0.473 e. The van der Waals surface area contributed by atoms with Crippen molar-refractivity contribution in [2.45, 2.75) is 11.0 Å². The van der Waals surface area contributed by atoms with Crippen molar-refractivity contribution in [3.8, 4) is 16.6 Å². The number of amides is 1. The molecule has 3 aromatic carbocycles. The van der Waals surface area contributed by atoms with E-state index in [1.807, 2.05) is 0 Å². The van der Waals surface area contributed by atoms with Crippen LogP contribution in [0, 0.1) is 11.6 Å². The van der Waals surface area contributed by atoms with Gasteiger partial charge in [0.25, 0.3) is 5.91 Å². The Morgan fingerprint density at radius 3 is 2.39 bits per heavy atom. The van der Waals surface area contributed by atoms with E-state index in [-0.39, 0.29) is 41.9 Å². The van der Waals surface area contributed by atoms with Crippen LogP contribution in [0.5, 0.6) is 16.6 Å². The summed E-state index contributed by atoms with van der Waals surface area (Å²) in [5.41, 5.74) is 0.540. The summed E-state index contributed by atoms with van der Waals surface area (Å²) in [6, 6.07) is 14.2. The summed E-state index contributed by atoms with van der Waals surface area (Å²) in [6.07, 6.45) is -0.107. The quantitative estimate of drug-likeness (QED) is 0.242. The van der Waals surface area contributed by atoms with Crippen molar-refractivity contribution < 1.29 is 45.7 Å². The number of thiazole rings is 1. The molecule has 0 saturated carbocycles. The fourth-order valence-electron chi connectivity index (χ4n) is 4.15. The number of anilines is 1. The highest BCUT2D eigenvalue weighted by Gasteiger charge is 2.29. The Kier molecular flexibility index (Phi) is 9.49. The molecule has 11 nitrogen and oxygen atoms in total. The Morgan fingerprint density at radius 1 is 1.02 bits per heavy atom. The Labute approximate surface area is 255 Å². The number of halogens is 2. The second-order valence-electron chi connectivity index (χ2n) is 9.25. The Balaban J connectivity index is 1.35. The molecule has 1 amide bonds. The molecule has 2 heterocycles. The largest absolute Gasteiger partial charge is 0.473 e. The molecule has 230 valence electrons. The summed E-state index contributed by atoms with van der Waals surface area (Å²) < 4.78 is 76.7. The number of benzene rings is 3. The topological polar surface area (TPSA) is 133 Å². The molecule has 1 saturated heterocycles. The summed E-state index contributed by atoms with van der Waals surface area (Å²) in [5, 5.41) is 3.02. The molecule has 0 radical (unpaired) electrons. The van der Waals surface area contributed by atoms with E-state index in [9.17, 15) is 26.8 Å². The average molecular weight is 646 g/mol. The first kappa shape index (κ1) is 31.0. The molecule has 1 aliphatic heterocycles. The Morgan fingerprint density at radius 2 is 1.73 bits per heavy atom. The van der Waals surface area contributed by atoms with Gasteiger partial charge in [0.2, 0.25) is 21.2 Å². The van der Waals surface area contributed by atoms with Crippen LogP contribution in [-0.2, 0) is 24.3 Å². The first-order valence-corrected chi connectivity index (χ1v) is 15.3. The van der Waals surface area contributed by atoms with Gasteiger partial charge in [0, 0.05) is 24.7 Å². The normalized spacial score (nSPS) is 14.4. The fraction of sp³-hybridized carbons (Fsp3) is 0.207. The second kappa shape index (κ2) is 13.5. The van der Waals surface area contributed by atoms with Crippen molar-refractivity contribution in [1.82, 2.24) is 9.29 Å². The highest BCUT2D eigenvalue weighted by atomic mass is 32.2. The second-order valence-corrected chi connectivity index (χ2v) is 12.2. The van der Waals surface area contributed by atoms with Gasteiger partial charge in [0.15, 0.2) is 16.7 Å². The van der Waals surface area contributed by atoms with E-state index in [2.05, 4.69) is 15.0 Å². The summed E-state index contributed by atoms with van der Waals surface area (Å²) >= 11 is 0.986. The number of morpholine rings is 1. The van der Waals surface area contributed by atoms with E-state index in [1.54, 1.807) is 12.1 Å². The maximum Gasteiger partial charge on any atom is 0.337 e. The molecular weight excluding hydrogens is 620 g/mol. The van der Waals surface area contributed by atoms with E-state index in [0.29, 0.717) is 22.4 Å². The van der Waals surface area contributed by atoms with Crippen LogP contribution in [0.15, 0.2) is 77.8 Å². The number of rotatable bonds is 10. The number of methoxy groups -OCH3 is 1. The lowest BCUT2D eigenvalue weighted by atomic mass is 10.1. The monoisotopic (exact) mass is 645 g/mol. The molecule has 1 unspecified atom stereocenters. The number of hydrogen-bond acceptors (Lipinski definition) is 10. The number of hydrogen-bond donors (Lipinski definition) is 1. The fourth-order valence-corrected chi connectivity index (χ4v) is 6.25. The third-order valence-electron chi connectivity index (χ3n) is 6.38. The minimum atomic E-state index is -3.81. The molecule has 1 N–H and O–H groups in total. The van der Waals surface area contributed by atoms with Gasteiger partial charge in [0.05, 0.1) is 37.0 Å². The minimum absolute atomic E-state index is 0.00314. The molecule has 5 rings (SSSR count). The lowest BCUT2D eigenvalue weighted by molar-refractivity contribution is -0.123. The van der Waals surface area contributed by atoms with Gasteiger partial charge in [-0.3, -0.25) is 10.1 Å². The van der Waals surface area contributed by atoms with Gasteiger partial charge in [-0.05, 0) is 48.5 Å². The number of carbonyl (C=O) groups excluding carboxylic acids is 2. The van der Waals surface area contributed by atoms with Crippen molar-refractivity contribution in [3.05, 3.63) is 95.7 Å². The van der Waals surface area contributed by atoms with Crippen LogP contribution < -0.4 is 14.8 Å². The number of nitrogens with zero attached hydrogens (tertiary/aromatic N) is 2. The Hall–Kier alpha value is -4.44. The van der Waals surface area contributed by atoms with Gasteiger partial charge < -0.3 is 18.9 Å². The molecule has 0 spiro atoms. The number of sulfonamides is 1. The standard InChI is InChI=1S/C29H25F2N3O8S2/c1-39-28(36)19-2-7-21(8-3-19)41-25-17-32-29(43-25)33-27(35)26(42-24-11-6-20(30)16-23(24)31)18-4-9-22(10-5-18)44(37,38)34-12-14-40-15-13-34/h2-11,16-17,26H,12-15H2,1H3,(H,32,33,35). The first-order valence-electron chi connectivity index (χ1n) is 13.1. The molecule has 1 fully saturated rings. The number of nitrogens with one attached hydrogen (secondary N) is 1. The van der Waals surface area contributed by atoms with Crippen LogP contribution in [0.2, 0.25) is 0 Å². The van der Waals surface area contributed by atoms with Gasteiger partial charge in [-0.1, -0.05) is 23.5 Å². The van der Waals surface area contributed by atoms with E-state index in [1.165, 1.54) is 54.0 Å². The lowest BCUT2D eigenvalue weighted by Gasteiger charge is -2.26. The van der Waals surface area contributed by atoms with E-state index >= 15 is 0 Å². The van der Waals surface area contributed by atoms with Crippen LogP contribution in [-0.4, -0.2) is 63.0 Å². The molecule has 0 bridgehead atoms. The molecule has 15 heteroatoms. The van der Waals surface area contributed by atoms with E-state index < -0.39 is 45.4 Å². The predicted molar refractivity (Wildman–Crippen MR) is 154 cm³/mol. The van der Waals surface area contributed by atoms with Gasteiger partial charge in [-0.2, -0.15) is 4.31 Å². The molecular formula is C29H25F2N3O8S2. The maximum atomic E-state index is 14.5. The van der Waals surface area contributed by atoms with Crippen molar-refractivity contribution >= 4 is 38.4 Å². The van der Waals surface area contributed by atoms with Crippen LogP contribution >= 0.6 is 11.3 Å². The van der Waals surface area contributed by atoms with Crippen molar-refractivity contribution in [1.29, 1.82) is 0 Å². The van der Waals surface area contributed by atoms with Gasteiger partial charge in [-0.25, -0.2) is 27.0 Å². The number of carbonyl (C=O) groups is 2. The SMILES string of the molecule is COC(=O)c1ccc(Oc2cnc(NC(=O)C(Oc3ccc(F)cc3F)c3ccc(S(=O)(=O)N4CCOCC4)cc3)s2)cc1. The van der Waals surface area contributed by atoms with Gasteiger partial charge in [-0.15, -0.1) is 0 Å². The maximum absolute atomic E-state index is 14.5. The summed E-state index contributed by atoms with van der Waals surface area (Å²) in [5.74, 6) is -3.11. The van der Waals surface area contributed by atoms with Crippen molar-refractivity contribution in [2.75, 3.05) is 38.7 Å². The molecule has 1 aliphatic rings. The van der Waals surface area contributed by atoms with E-state index in [4.69, 9.17) is 14.2 Å². The highest BCUT2D eigenvalue weighted by Crippen LogP contribution is 2.33. The summed E-state index contributed by atoms with van der Waals surface area (Å²) in [6.45, 7) is 0.977. The van der Waals surface area contributed by atoms with Crippen molar-refractivity contribution in [3.63, 3.8) is 0 Å². The third-order valence-corrected chi connectivity index (χ3v) is 9.08. The number of aromatic nitrogens is 1. The molecule has 44 heavy (non-hydrogen) atoms. The molecule has 0 aliphatic carbocycles. The van der Waals surface area contributed by atoms with Crippen LogP contribution in [0.3, 0.4) is 0 Å². The first-order chi connectivity index (χ1) is 21.1. The van der Waals surface area contributed by atoms with E-state index in [0.717, 1.165) is 23.5 Å². The zero-order valence-electron chi connectivity index (χ0n) is 23.1. The summed E-state index contributed by atoms with van der Waals surface area (Å²) in [4.78, 5) is 29.2. The number of ether oxygens (including phenoxy) is 4. The van der Waals surface area contributed by atoms with Crippen LogP contribution in [0.4, 0.5) is 13.9 Å². The van der Waals surface area contributed by atoms with Gasteiger partial charge >= 0.3 is 5.97 Å². The van der Waals surface area contributed by atoms with Crippen LogP contribution in [0.1, 0.15) is 22.0 Å². The van der Waals surface area contributed by atoms with Gasteiger partial charge in [0.1, 0.15) is 11.6 Å². The van der Waals surface area contributed by atoms with Crippen molar-refractivity contribution in [2.24, 2.45) is 0 Å². The highest BCUT2D eigenvalue weighted by molar-refractivity contribution is 7.89. The zero-order valence-corrected chi connectivity index (χ0v) is 24.7. The van der Waals surface area contributed by atoms with Crippen LogP contribution in [0.25, 0.3) is 0 Å². The average Bonchev–Trinajstić information content (AvgIpc) is 3.47. The third kappa shape index (κ3) is 7.19. The number of esters is 1. The lowest BCUT2D eigenvalue weighted by Crippen LogP contribution is -2.40. The molecule has 1 aromatic heterocycles. The zero-order chi connectivity index (χ0) is 31.3. The molecule has 1 atom stereocenters. The summed E-state index contributed by atoms with van der Waals surface area (Å²) in [7, 11) is -2.53. The molecule has 4 aromatic rings.